The Balaban J connectivity index is 2.40. The van der Waals surface area contributed by atoms with Crippen LogP contribution in [0.15, 0.2) is 24.3 Å². The third-order valence-electron chi connectivity index (χ3n) is 4.75. The molecule has 0 amide bonds. The Morgan fingerprint density at radius 1 is 1.14 bits per heavy atom. The summed E-state index contributed by atoms with van der Waals surface area (Å²) < 4.78 is 0. The van der Waals surface area contributed by atoms with E-state index in [1.165, 1.54) is 17.7 Å². The molecule has 0 saturated carbocycles. The summed E-state index contributed by atoms with van der Waals surface area (Å²) in [5.74, 6) is 0.583. The van der Waals surface area contributed by atoms with Crippen LogP contribution < -0.4 is 0 Å². The van der Waals surface area contributed by atoms with Gasteiger partial charge in [0.05, 0.1) is 0 Å². The van der Waals surface area contributed by atoms with Gasteiger partial charge in [0.2, 0.25) is 0 Å². The highest BCUT2D eigenvalue weighted by atomic mass is 15.3. The SMILES string of the molecule is CCN1CCN(C(C)(C)C)C(c2ccccc2C(C)C)C1. The van der Waals surface area contributed by atoms with Crippen molar-refractivity contribution >= 4 is 0 Å². The molecule has 1 heterocycles. The van der Waals surface area contributed by atoms with Crippen LogP contribution in [0, 0.1) is 0 Å². The van der Waals surface area contributed by atoms with Gasteiger partial charge in [0, 0.05) is 31.2 Å². The van der Waals surface area contributed by atoms with Crippen LogP contribution in [0.1, 0.15) is 64.6 Å². The van der Waals surface area contributed by atoms with Gasteiger partial charge in [-0.3, -0.25) is 4.90 Å². The fourth-order valence-electron chi connectivity index (χ4n) is 3.54. The largest absolute Gasteiger partial charge is 0.300 e. The van der Waals surface area contributed by atoms with Crippen molar-refractivity contribution in [1.82, 2.24) is 9.80 Å². The number of benzene rings is 1. The molecule has 1 saturated heterocycles. The minimum atomic E-state index is 0.217. The summed E-state index contributed by atoms with van der Waals surface area (Å²) in [5.41, 5.74) is 3.25. The zero-order chi connectivity index (χ0) is 15.6. The summed E-state index contributed by atoms with van der Waals surface area (Å²) >= 11 is 0. The second-order valence-corrected chi connectivity index (χ2v) is 7.56. The Kier molecular flexibility index (Phi) is 5.11. The Morgan fingerprint density at radius 2 is 1.81 bits per heavy atom. The molecule has 1 atom stereocenters. The van der Waals surface area contributed by atoms with Gasteiger partial charge in [-0.2, -0.15) is 0 Å². The zero-order valence-electron chi connectivity index (χ0n) is 14.7. The minimum Gasteiger partial charge on any atom is -0.300 e. The van der Waals surface area contributed by atoms with E-state index in [2.05, 4.69) is 75.6 Å². The van der Waals surface area contributed by atoms with Crippen LogP contribution in [0.4, 0.5) is 0 Å². The first-order valence-corrected chi connectivity index (χ1v) is 8.42. The highest BCUT2D eigenvalue weighted by Crippen LogP contribution is 2.35. The molecular weight excluding hydrogens is 256 g/mol. The fourth-order valence-corrected chi connectivity index (χ4v) is 3.54. The lowest BCUT2D eigenvalue weighted by Crippen LogP contribution is -2.55. The molecule has 1 aliphatic rings. The molecule has 2 rings (SSSR count). The Hall–Kier alpha value is -0.860. The van der Waals surface area contributed by atoms with Crippen LogP contribution in [0.3, 0.4) is 0 Å². The molecule has 118 valence electrons. The van der Waals surface area contributed by atoms with E-state index in [1.807, 2.05) is 0 Å². The summed E-state index contributed by atoms with van der Waals surface area (Å²) in [7, 11) is 0. The Morgan fingerprint density at radius 3 is 2.38 bits per heavy atom. The molecule has 1 aromatic rings. The second-order valence-electron chi connectivity index (χ2n) is 7.56. The van der Waals surface area contributed by atoms with Crippen molar-refractivity contribution in [2.75, 3.05) is 26.2 Å². The van der Waals surface area contributed by atoms with Gasteiger partial charge in [0.1, 0.15) is 0 Å². The maximum atomic E-state index is 2.69. The highest BCUT2D eigenvalue weighted by Gasteiger charge is 2.35. The molecule has 2 heteroatoms. The van der Waals surface area contributed by atoms with Gasteiger partial charge >= 0.3 is 0 Å². The average molecular weight is 288 g/mol. The van der Waals surface area contributed by atoms with E-state index in [4.69, 9.17) is 0 Å². The van der Waals surface area contributed by atoms with Crippen LogP contribution in [-0.4, -0.2) is 41.5 Å². The molecule has 21 heavy (non-hydrogen) atoms. The normalized spacial score (nSPS) is 22.0. The monoisotopic (exact) mass is 288 g/mol. The van der Waals surface area contributed by atoms with E-state index >= 15 is 0 Å². The van der Waals surface area contributed by atoms with Gasteiger partial charge < -0.3 is 4.90 Å². The lowest BCUT2D eigenvalue weighted by molar-refractivity contribution is 0.0103. The summed E-state index contributed by atoms with van der Waals surface area (Å²) in [5, 5.41) is 0. The zero-order valence-corrected chi connectivity index (χ0v) is 14.7. The number of hydrogen-bond donors (Lipinski definition) is 0. The first-order chi connectivity index (χ1) is 9.84. The quantitative estimate of drug-likeness (QED) is 0.819. The summed E-state index contributed by atoms with van der Waals surface area (Å²) in [6.07, 6.45) is 0. The maximum absolute atomic E-state index is 2.69. The minimum absolute atomic E-state index is 0.217. The second kappa shape index (κ2) is 6.50. The van der Waals surface area contributed by atoms with Crippen molar-refractivity contribution in [3.05, 3.63) is 35.4 Å². The van der Waals surface area contributed by atoms with Crippen molar-refractivity contribution in [1.29, 1.82) is 0 Å². The van der Waals surface area contributed by atoms with Gasteiger partial charge in [-0.05, 0) is 44.4 Å². The van der Waals surface area contributed by atoms with Gasteiger partial charge in [0.25, 0.3) is 0 Å². The maximum Gasteiger partial charge on any atom is 0.0483 e. The van der Waals surface area contributed by atoms with E-state index in [0.29, 0.717) is 12.0 Å². The smallest absolute Gasteiger partial charge is 0.0483 e. The van der Waals surface area contributed by atoms with Gasteiger partial charge in [-0.15, -0.1) is 0 Å². The van der Waals surface area contributed by atoms with Crippen LogP contribution in [0.25, 0.3) is 0 Å². The number of likely N-dealkylation sites (N-methyl/N-ethyl adjacent to an activating group) is 1. The first kappa shape index (κ1) is 16.5. The van der Waals surface area contributed by atoms with E-state index in [1.54, 1.807) is 0 Å². The third kappa shape index (κ3) is 3.67. The molecule has 0 aliphatic carbocycles. The molecular formula is C19H32N2. The van der Waals surface area contributed by atoms with Crippen LogP contribution in [0.5, 0.6) is 0 Å². The van der Waals surface area contributed by atoms with Gasteiger partial charge in [-0.25, -0.2) is 0 Å². The molecule has 0 aromatic heterocycles. The van der Waals surface area contributed by atoms with Crippen molar-refractivity contribution in [2.24, 2.45) is 0 Å². The van der Waals surface area contributed by atoms with Crippen LogP contribution in [0.2, 0.25) is 0 Å². The topological polar surface area (TPSA) is 6.48 Å². The Labute approximate surface area is 131 Å². The molecule has 1 aliphatic heterocycles. The number of hydrogen-bond acceptors (Lipinski definition) is 2. The average Bonchev–Trinajstić information content (AvgIpc) is 2.45. The third-order valence-corrected chi connectivity index (χ3v) is 4.75. The summed E-state index contributed by atoms with van der Waals surface area (Å²) in [6.45, 7) is 18.6. The predicted octanol–water partition coefficient (Wildman–Crippen LogP) is 4.29. The molecule has 2 nitrogen and oxygen atoms in total. The van der Waals surface area contributed by atoms with E-state index in [0.717, 1.165) is 19.6 Å². The highest BCUT2D eigenvalue weighted by molar-refractivity contribution is 5.33. The lowest BCUT2D eigenvalue weighted by atomic mass is 9.88. The van der Waals surface area contributed by atoms with Gasteiger partial charge in [0.15, 0.2) is 0 Å². The molecule has 1 unspecified atom stereocenters. The molecule has 0 N–H and O–H groups in total. The van der Waals surface area contributed by atoms with Crippen molar-refractivity contribution < 1.29 is 0 Å². The van der Waals surface area contributed by atoms with Crippen LogP contribution >= 0.6 is 0 Å². The van der Waals surface area contributed by atoms with Gasteiger partial charge in [-0.1, -0.05) is 45.0 Å². The number of rotatable bonds is 3. The molecule has 1 fully saturated rings. The van der Waals surface area contributed by atoms with E-state index in [-0.39, 0.29) is 5.54 Å². The standard InChI is InChI=1S/C19H32N2/c1-7-20-12-13-21(19(4,5)6)18(14-20)17-11-9-8-10-16(17)15(2)3/h8-11,15,18H,7,12-14H2,1-6H3. The molecule has 0 spiro atoms. The van der Waals surface area contributed by atoms with Crippen molar-refractivity contribution in [3.63, 3.8) is 0 Å². The predicted molar refractivity (Wildman–Crippen MR) is 91.8 cm³/mol. The van der Waals surface area contributed by atoms with Crippen molar-refractivity contribution in [2.45, 2.75) is 59.0 Å². The number of piperazine rings is 1. The van der Waals surface area contributed by atoms with E-state index in [9.17, 15) is 0 Å². The van der Waals surface area contributed by atoms with Crippen molar-refractivity contribution in [3.8, 4) is 0 Å². The molecule has 1 aromatic carbocycles. The number of nitrogens with zero attached hydrogens (tertiary/aromatic N) is 2. The summed E-state index contributed by atoms with van der Waals surface area (Å²) in [6, 6.07) is 9.55. The first-order valence-electron chi connectivity index (χ1n) is 8.42. The fraction of sp³-hybridized carbons (Fsp3) is 0.684. The molecule has 0 radical (unpaired) electrons. The molecule has 0 bridgehead atoms. The summed E-state index contributed by atoms with van der Waals surface area (Å²) in [4.78, 5) is 5.28. The Bertz CT molecular complexity index is 459. The van der Waals surface area contributed by atoms with Crippen LogP contribution in [-0.2, 0) is 0 Å². The lowest BCUT2D eigenvalue weighted by Gasteiger charge is -2.48. The van der Waals surface area contributed by atoms with E-state index < -0.39 is 0 Å².